The Bertz CT molecular complexity index is 1140. The van der Waals surface area contributed by atoms with Crippen molar-refractivity contribution < 1.29 is 32.7 Å². The van der Waals surface area contributed by atoms with Crippen molar-refractivity contribution in [3.8, 4) is 0 Å². The summed E-state index contributed by atoms with van der Waals surface area (Å²) in [7, 11) is 0. The normalized spacial score (nSPS) is 17.0. The molecule has 2 heterocycles. The summed E-state index contributed by atoms with van der Waals surface area (Å²) in [4.78, 5) is 28.0. The molecule has 0 saturated carbocycles. The van der Waals surface area contributed by atoms with Crippen molar-refractivity contribution in [3.63, 3.8) is 0 Å². The average molecular weight is 549 g/mol. The van der Waals surface area contributed by atoms with Crippen LogP contribution < -0.4 is 10.2 Å². The summed E-state index contributed by atoms with van der Waals surface area (Å²) >= 11 is 0. The molecule has 39 heavy (non-hydrogen) atoms. The maximum absolute atomic E-state index is 12.9. The van der Waals surface area contributed by atoms with Crippen molar-refractivity contribution in [2.45, 2.75) is 51.9 Å². The summed E-state index contributed by atoms with van der Waals surface area (Å²) in [5.74, 6) is -2.14. The molecule has 212 valence electrons. The van der Waals surface area contributed by atoms with Gasteiger partial charge in [0.25, 0.3) is 5.91 Å². The van der Waals surface area contributed by atoms with Gasteiger partial charge in [0.15, 0.2) is 0 Å². The zero-order valence-electron chi connectivity index (χ0n) is 22.4. The van der Waals surface area contributed by atoms with Crippen molar-refractivity contribution in [1.29, 1.82) is 0 Å². The minimum absolute atomic E-state index is 0.0157. The highest BCUT2D eigenvalue weighted by molar-refractivity contribution is 5.82. The molecule has 0 bridgehead atoms. The van der Waals surface area contributed by atoms with Crippen LogP contribution in [0.25, 0.3) is 0 Å². The summed E-state index contributed by atoms with van der Waals surface area (Å²) in [6.07, 6.45) is -4.38. The molecular formula is C28H35F3N4O4. The van der Waals surface area contributed by atoms with Crippen molar-refractivity contribution in [2.75, 3.05) is 36.4 Å². The Morgan fingerprint density at radius 3 is 2.03 bits per heavy atom. The highest BCUT2D eigenvalue weighted by Crippen LogP contribution is 2.35. The lowest BCUT2D eigenvalue weighted by Crippen LogP contribution is -2.56. The van der Waals surface area contributed by atoms with Crippen LogP contribution in [0, 0.1) is 11.8 Å². The molecule has 2 fully saturated rings. The second kappa shape index (κ2) is 11.3. The van der Waals surface area contributed by atoms with Gasteiger partial charge in [-0.1, -0.05) is 12.1 Å². The van der Waals surface area contributed by atoms with E-state index in [1.54, 1.807) is 32.9 Å². The largest absolute Gasteiger partial charge is 0.444 e. The highest BCUT2D eigenvalue weighted by Gasteiger charge is 2.41. The first kappa shape index (κ1) is 28.5. The Labute approximate surface area is 226 Å². The van der Waals surface area contributed by atoms with Crippen LogP contribution in [-0.4, -0.2) is 65.1 Å². The lowest BCUT2D eigenvalue weighted by atomic mass is 9.96. The van der Waals surface area contributed by atoms with Gasteiger partial charge in [-0.05, 0) is 75.6 Å². The van der Waals surface area contributed by atoms with Crippen LogP contribution in [0.5, 0.6) is 0 Å². The molecule has 2 aliphatic heterocycles. The fourth-order valence-electron chi connectivity index (χ4n) is 4.65. The highest BCUT2D eigenvalue weighted by atomic mass is 19.4. The maximum atomic E-state index is 12.9. The lowest BCUT2D eigenvalue weighted by Gasteiger charge is -2.39. The number of hydroxylamine groups is 2. The minimum atomic E-state index is -4.12. The van der Waals surface area contributed by atoms with Gasteiger partial charge in [-0.2, -0.15) is 13.2 Å². The zero-order chi connectivity index (χ0) is 28.4. The minimum Gasteiger partial charge on any atom is -0.444 e. The van der Waals surface area contributed by atoms with Gasteiger partial charge < -0.3 is 19.9 Å². The van der Waals surface area contributed by atoms with E-state index in [2.05, 4.69) is 5.32 Å². The Balaban J connectivity index is 1.22. The number of carbonyl (C=O) groups is 2. The van der Waals surface area contributed by atoms with Crippen LogP contribution in [0.3, 0.4) is 0 Å². The number of ether oxygens (including phenoxy) is 1. The van der Waals surface area contributed by atoms with E-state index in [0.29, 0.717) is 18.2 Å². The summed E-state index contributed by atoms with van der Waals surface area (Å²) in [5, 5.41) is 14.2. The Morgan fingerprint density at radius 1 is 0.974 bits per heavy atom. The van der Waals surface area contributed by atoms with Crippen molar-refractivity contribution in [1.82, 2.24) is 9.96 Å². The number of halogens is 3. The molecular weight excluding hydrogens is 513 g/mol. The molecule has 8 nitrogen and oxygen atoms in total. The first-order valence-corrected chi connectivity index (χ1v) is 13.0. The summed E-state index contributed by atoms with van der Waals surface area (Å²) in [5.41, 5.74) is 2.65. The number of nitrogens with zero attached hydrogens (tertiary/aromatic N) is 3. The lowest BCUT2D eigenvalue weighted by molar-refractivity contribution is -0.179. The number of piperidine rings is 1. The van der Waals surface area contributed by atoms with Gasteiger partial charge >= 0.3 is 12.3 Å². The molecule has 0 aliphatic carbocycles. The quantitative estimate of drug-likeness (QED) is 0.351. The van der Waals surface area contributed by atoms with E-state index in [1.807, 2.05) is 41.3 Å². The molecule has 2 amide bonds. The van der Waals surface area contributed by atoms with Crippen molar-refractivity contribution in [3.05, 3.63) is 54.1 Å². The van der Waals surface area contributed by atoms with Gasteiger partial charge in [0.05, 0.1) is 18.4 Å². The molecule has 2 aromatic rings. The maximum Gasteiger partial charge on any atom is 0.410 e. The van der Waals surface area contributed by atoms with Crippen molar-refractivity contribution >= 4 is 29.1 Å². The topological polar surface area (TPSA) is 85.3 Å². The number of hydrogen-bond acceptors (Lipinski definition) is 6. The standard InChI is InChI=1S/C28H35F3N4O4/c1-27(2,3)39-26(37)34-17-20(18-34)25(36)35(38)16-19-4-6-22(7-5-19)32-23-8-10-24(11-9-23)33-14-12-21(13-15-33)28(29,30)31/h4-11,20-21,32,38H,12-18H2,1-3H3. The van der Waals surface area contributed by atoms with Crippen LogP contribution in [0.15, 0.2) is 48.5 Å². The second-order valence-corrected chi connectivity index (χ2v) is 11.1. The number of likely N-dealkylation sites (tertiary alicyclic amines) is 1. The molecule has 0 spiro atoms. The number of benzene rings is 2. The predicted octanol–water partition coefficient (Wildman–Crippen LogP) is 5.79. The Morgan fingerprint density at radius 2 is 1.51 bits per heavy atom. The van der Waals surface area contributed by atoms with E-state index >= 15 is 0 Å². The fraction of sp³-hybridized carbons (Fsp3) is 0.500. The van der Waals surface area contributed by atoms with Gasteiger partial charge in [0, 0.05) is 43.2 Å². The Hall–Kier alpha value is -3.47. The predicted molar refractivity (Wildman–Crippen MR) is 141 cm³/mol. The number of nitrogens with one attached hydrogen (secondary N) is 1. The molecule has 2 saturated heterocycles. The number of anilines is 3. The van der Waals surface area contributed by atoms with E-state index in [1.165, 1.54) is 4.90 Å². The smallest absolute Gasteiger partial charge is 0.410 e. The van der Waals surface area contributed by atoms with Crippen molar-refractivity contribution in [2.24, 2.45) is 11.8 Å². The second-order valence-electron chi connectivity index (χ2n) is 11.1. The number of carbonyl (C=O) groups excluding carboxylic acids is 2. The van der Waals surface area contributed by atoms with Gasteiger partial charge in [0.1, 0.15) is 5.60 Å². The first-order valence-electron chi connectivity index (χ1n) is 13.0. The molecule has 0 aromatic heterocycles. The monoisotopic (exact) mass is 548 g/mol. The number of rotatable bonds is 6. The number of amides is 2. The number of alkyl halides is 3. The zero-order valence-corrected chi connectivity index (χ0v) is 22.4. The summed E-state index contributed by atoms with van der Waals surface area (Å²) in [6, 6.07) is 14.8. The van der Waals surface area contributed by atoms with Crippen LogP contribution in [0.2, 0.25) is 0 Å². The van der Waals surface area contributed by atoms with Crippen LogP contribution >= 0.6 is 0 Å². The van der Waals surface area contributed by atoms with Gasteiger partial charge in [-0.25, -0.2) is 9.86 Å². The molecule has 0 atom stereocenters. The summed E-state index contributed by atoms with van der Waals surface area (Å²) in [6.45, 7) is 6.51. The van der Waals surface area contributed by atoms with E-state index < -0.39 is 35.6 Å². The fourth-order valence-corrected chi connectivity index (χ4v) is 4.65. The molecule has 11 heteroatoms. The SMILES string of the molecule is CC(C)(C)OC(=O)N1CC(C(=O)N(O)Cc2ccc(Nc3ccc(N4CCC(C(F)(F)F)CC4)cc3)cc2)C1. The van der Waals surface area contributed by atoms with E-state index in [9.17, 15) is 28.0 Å². The molecule has 0 unspecified atom stereocenters. The third-order valence-electron chi connectivity index (χ3n) is 6.90. The molecule has 2 aliphatic rings. The van der Waals surface area contributed by atoms with E-state index in [4.69, 9.17) is 4.74 Å². The van der Waals surface area contributed by atoms with E-state index in [0.717, 1.165) is 22.6 Å². The van der Waals surface area contributed by atoms with E-state index in [-0.39, 0.29) is 32.5 Å². The molecule has 2 aromatic carbocycles. The molecule has 2 N–H and O–H groups in total. The van der Waals surface area contributed by atoms with Gasteiger partial charge in [-0.3, -0.25) is 10.0 Å². The molecule has 4 rings (SSSR count). The Kier molecular flexibility index (Phi) is 8.29. The van der Waals surface area contributed by atoms with Gasteiger partial charge in [0.2, 0.25) is 0 Å². The van der Waals surface area contributed by atoms with Crippen LogP contribution in [-0.2, 0) is 16.1 Å². The molecule has 0 radical (unpaired) electrons. The van der Waals surface area contributed by atoms with Crippen LogP contribution in [0.4, 0.5) is 35.0 Å². The summed E-state index contributed by atoms with van der Waals surface area (Å²) < 4.78 is 44.0. The van der Waals surface area contributed by atoms with Crippen LogP contribution in [0.1, 0.15) is 39.2 Å². The third-order valence-corrected chi connectivity index (χ3v) is 6.90. The van der Waals surface area contributed by atoms with Gasteiger partial charge in [-0.15, -0.1) is 0 Å². The average Bonchev–Trinajstić information content (AvgIpc) is 2.83. The first-order chi connectivity index (χ1) is 18.3. The number of hydrogen-bond donors (Lipinski definition) is 2. The third kappa shape index (κ3) is 7.56.